The van der Waals surface area contributed by atoms with Crippen LogP contribution in [0.5, 0.6) is 0 Å². The Balaban J connectivity index is 1.88. The van der Waals surface area contributed by atoms with E-state index in [1.165, 1.54) is 16.9 Å². The summed E-state index contributed by atoms with van der Waals surface area (Å²) in [4.78, 5) is 17.7. The molecular weight excluding hydrogens is 320 g/mol. The molecule has 0 saturated carbocycles. The molecule has 0 unspecified atom stereocenters. The summed E-state index contributed by atoms with van der Waals surface area (Å²) in [5, 5.41) is 9.04. The highest BCUT2D eigenvalue weighted by Gasteiger charge is 2.12. The van der Waals surface area contributed by atoms with Crippen LogP contribution in [0.4, 0.5) is 0 Å². The van der Waals surface area contributed by atoms with Crippen LogP contribution < -0.4 is 4.87 Å². The van der Waals surface area contributed by atoms with Crippen molar-refractivity contribution >= 4 is 11.3 Å². The highest BCUT2D eigenvalue weighted by Crippen LogP contribution is 2.27. The molecule has 2 N–H and O–H groups in total. The van der Waals surface area contributed by atoms with Crippen molar-refractivity contribution in [2.45, 2.75) is 6.54 Å². The first-order valence-corrected chi connectivity index (χ1v) is 8.66. The van der Waals surface area contributed by atoms with Gasteiger partial charge in [0.25, 0.3) is 0 Å². The minimum atomic E-state index is -0.0514. The molecule has 0 atom stereocenters. The van der Waals surface area contributed by atoms with E-state index in [0.717, 1.165) is 21.7 Å². The summed E-state index contributed by atoms with van der Waals surface area (Å²) in [6.45, 7) is 1.33. The predicted octanol–water partition coefficient (Wildman–Crippen LogP) is 3.19. The van der Waals surface area contributed by atoms with E-state index in [9.17, 15) is 4.79 Å². The molecular formula is C19H20N2O2S. The Morgan fingerprint density at radius 2 is 1.62 bits per heavy atom. The number of H-pyrrole nitrogens is 1. The van der Waals surface area contributed by atoms with E-state index in [0.29, 0.717) is 13.1 Å². The number of thiazole rings is 1. The first kappa shape index (κ1) is 16.6. The summed E-state index contributed by atoms with van der Waals surface area (Å²) in [6, 6.07) is 18.4. The van der Waals surface area contributed by atoms with Crippen molar-refractivity contribution in [1.29, 1.82) is 0 Å². The minimum Gasteiger partial charge on any atom is -0.395 e. The molecule has 1 aromatic heterocycles. The highest BCUT2D eigenvalue weighted by atomic mass is 32.1. The Hall–Kier alpha value is -2.21. The fraction of sp³-hybridized carbons (Fsp3) is 0.211. The topological polar surface area (TPSA) is 56.3 Å². The Kier molecular flexibility index (Phi) is 5.25. The van der Waals surface area contributed by atoms with Crippen LogP contribution in [0.15, 0.2) is 59.4 Å². The maximum Gasteiger partial charge on any atom is 0.305 e. The van der Waals surface area contributed by atoms with Crippen molar-refractivity contribution < 1.29 is 5.11 Å². The van der Waals surface area contributed by atoms with Crippen molar-refractivity contribution in [2.24, 2.45) is 0 Å². The number of hydrogen-bond acceptors (Lipinski definition) is 4. The summed E-state index contributed by atoms with van der Waals surface area (Å²) >= 11 is 1.23. The molecule has 0 spiro atoms. The van der Waals surface area contributed by atoms with Gasteiger partial charge in [-0.25, -0.2) is 0 Å². The van der Waals surface area contributed by atoms with Crippen molar-refractivity contribution in [3.63, 3.8) is 0 Å². The smallest absolute Gasteiger partial charge is 0.305 e. The lowest BCUT2D eigenvalue weighted by molar-refractivity contribution is 0.218. The molecule has 124 valence electrons. The molecule has 0 aliphatic rings. The van der Waals surface area contributed by atoms with Crippen LogP contribution in [0, 0.1) is 0 Å². The second kappa shape index (κ2) is 7.57. The Labute approximate surface area is 145 Å². The molecule has 3 rings (SSSR count). The normalized spacial score (nSPS) is 11.1. The van der Waals surface area contributed by atoms with Crippen molar-refractivity contribution in [3.8, 4) is 22.4 Å². The molecule has 0 aliphatic carbocycles. The molecule has 0 aliphatic heterocycles. The van der Waals surface area contributed by atoms with Gasteiger partial charge < -0.3 is 10.1 Å². The fourth-order valence-corrected chi connectivity index (χ4v) is 3.59. The maximum absolute atomic E-state index is 11.8. The summed E-state index contributed by atoms with van der Waals surface area (Å²) in [5.74, 6) is 0. The van der Waals surface area contributed by atoms with Gasteiger partial charge in [-0.1, -0.05) is 65.9 Å². The summed E-state index contributed by atoms with van der Waals surface area (Å²) in [5.41, 5.74) is 4.19. The average Bonchev–Trinajstić information content (AvgIpc) is 2.96. The molecule has 2 aromatic carbocycles. The lowest BCUT2D eigenvalue weighted by Crippen LogP contribution is -2.21. The number of likely N-dealkylation sites (N-methyl/N-ethyl adjacent to an activating group) is 1. The first-order chi connectivity index (χ1) is 11.7. The van der Waals surface area contributed by atoms with Gasteiger partial charge in [-0.3, -0.25) is 9.69 Å². The van der Waals surface area contributed by atoms with Crippen LogP contribution in [0.2, 0.25) is 0 Å². The van der Waals surface area contributed by atoms with Crippen LogP contribution in [0.25, 0.3) is 22.4 Å². The summed E-state index contributed by atoms with van der Waals surface area (Å²) in [7, 11) is 1.93. The van der Waals surface area contributed by atoms with Gasteiger partial charge in [0.1, 0.15) is 0 Å². The van der Waals surface area contributed by atoms with Crippen LogP contribution in [-0.4, -0.2) is 35.2 Å². The number of aromatic amines is 1. The van der Waals surface area contributed by atoms with E-state index in [1.54, 1.807) is 0 Å². The number of aliphatic hydroxyl groups is 1. The number of nitrogens with zero attached hydrogens (tertiary/aromatic N) is 1. The lowest BCUT2D eigenvalue weighted by atomic mass is 10.0. The quantitative estimate of drug-likeness (QED) is 0.724. The first-order valence-electron chi connectivity index (χ1n) is 7.84. The van der Waals surface area contributed by atoms with Gasteiger partial charge >= 0.3 is 4.87 Å². The summed E-state index contributed by atoms with van der Waals surface area (Å²) in [6.07, 6.45) is 0. The van der Waals surface area contributed by atoms with Gasteiger partial charge in [-0.2, -0.15) is 0 Å². The number of nitrogens with one attached hydrogen (secondary N) is 1. The SMILES string of the molecule is CN(CCO)Cc1sc(=O)[nH]c1-c1ccc(-c2ccccc2)cc1. The largest absolute Gasteiger partial charge is 0.395 e. The molecule has 4 nitrogen and oxygen atoms in total. The number of rotatable bonds is 6. The fourth-order valence-electron chi connectivity index (χ4n) is 2.66. The van der Waals surface area contributed by atoms with Crippen molar-refractivity contribution in [1.82, 2.24) is 9.88 Å². The number of benzene rings is 2. The number of hydrogen-bond donors (Lipinski definition) is 2. The summed E-state index contributed by atoms with van der Waals surface area (Å²) < 4.78 is 0. The molecule has 0 amide bonds. The molecule has 24 heavy (non-hydrogen) atoms. The van der Waals surface area contributed by atoms with Gasteiger partial charge in [-0.05, 0) is 23.7 Å². The van der Waals surface area contributed by atoms with Gasteiger partial charge in [0.15, 0.2) is 0 Å². The Bertz CT molecular complexity index is 838. The second-order valence-corrected chi connectivity index (χ2v) is 6.79. The average molecular weight is 340 g/mol. The molecule has 0 saturated heterocycles. The van der Waals surface area contributed by atoms with Gasteiger partial charge in [0, 0.05) is 18.0 Å². The van der Waals surface area contributed by atoms with E-state index < -0.39 is 0 Å². The zero-order chi connectivity index (χ0) is 16.9. The molecule has 0 bridgehead atoms. The number of aliphatic hydroxyl groups excluding tert-OH is 1. The Morgan fingerprint density at radius 1 is 1.00 bits per heavy atom. The van der Waals surface area contributed by atoms with Crippen LogP contribution in [0.3, 0.4) is 0 Å². The monoisotopic (exact) mass is 340 g/mol. The molecule has 5 heteroatoms. The van der Waals surface area contributed by atoms with E-state index in [4.69, 9.17) is 5.11 Å². The third-order valence-electron chi connectivity index (χ3n) is 3.90. The highest BCUT2D eigenvalue weighted by molar-refractivity contribution is 7.09. The van der Waals surface area contributed by atoms with E-state index >= 15 is 0 Å². The molecule has 0 fully saturated rings. The lowest BCUT2D eigenvalue weighted by Gasteiger charge is -2.14. The van der Waals surface area contributed by atoms with Gasteiger partial charge in [0.2, 0.25) is 0 Å². The number of aromatic nitrogens is 1. The van der Waals surface area contributed by atoms with Crippen LogP contribution in [-0.2, 0) is 6.54 Å². The van der Waals surface area contributed by atoms with E-state index in [1.807, 2.05) is 42.3 Å². The molecule has 0 radical (unpaired) electrons. The van der Waals surface area contributed by atoms with Gasteiger partial charge in [0.05, 0.1) is 12.3 Å². The van der Waals surface area contributed by atoms with Gasteiger partial charge in [-0.15, -0.1) is 0 Å². The standard InChI is InChI=1S/C19H20N2O2S/c1-21(11-12-22)13-17-18(20-19(23)24-17)16-9-7-15(8-10-16)14-5-3-2-4-6-14/h2-10,22H,11-13H2,1H3,(H,20,23). The molecule has 3 aromatic rings. The van der Waals surface area contributed by atoms with Crippen LogP contribution >= 0.6 is 11.3 Å². The van der Waals surface area contributed by atoms with Crippen LogP contribution in [0.1, 0.15) is 4.88 Å². The molecule has 1 heterocycles. The predicted molar refractivity (Wildman–Crippen MR) is 99.2 cm³/mol. The zero-order valence-electron chi connectivity index (χ0n) is 13.5. The third-order valence-corrected chi connectivity index (χ3v) is 4.76. The maximum atomic E-state index is 11.8. The van der Waals surface area contributed by atoms with Crippen molar-refractivity contribution in [3.05, 3.63) is 69.1 Å². The van der Waals surface area contributed by atoms with E-state index in [2.05, 4.69) is 29.2 Å². The zero-order valence-corrected chi connectivity index (χ0v) is 14.3. The van der Waals surface area contributed by atoms with Crippen molar-refractivity contribution in [2.75, 3.05) is 20.2 Å². The third kappa shape index (κ3) is 3.82. The minimum absolute atomic E-state index is 0.0514. The van der Waals surface area contributed by atoms with E-state index in [-0.39, 0.29) is 11.5 Å². The second-order valence-electron chi connectivity index (χ2n) is 5.72. The Morgan fingerprint density at radius 3 is 2.29 bits per heavy atom.